The molecular weight excluding hydrogens is 425 g/mol. The van der Waals surface area contributed by atoms with Gasteiger partial charge in [-0.15, -0.1) is 0 Å². The monoisotopic (exact) mass is 446 g/mol. The molecule has 10 heteroatoms. The molecule has 2 aromatic carbocycles. The fourth-order valence-electron chi connectivity index (χ4n) is 3.55. The molecule has 1 amide bonds. The Hall–Kier alpha value is -3.56. The molecule has 7 nitrogen and oxygen atoms in total. The molecule has 0 atom stereocenters. The number of carbonyl (C=O) groups excluding carboxylic acids is 1. The van der Waals surface area contributed by atoms with Gasteiger partial charge in [0.2, 0.25) is 5.82 Å². The number of piperazine rings is 1. The fourth-order valence-corrected chi connectivity index (χ4v) is 3.55. The van der Waals surface area contributed by atoms with Crippen LogP contribution in [0.15, 0.2) is 53.1 Å². The molecule has 1 saturated heterocycles. The summed E-state index contributed by atoms with van der Waals surface area (Å²) in [6.45, 7) is 4.93. The molecule has 3 aromatic rings. The molecule has 0 saturated carbocycles. The number of alkyl halides is 3. The van der Waals surface area contributed by atoms with Gasteiger partial charge in [-0.05, 0) is 31.2 Å². The molecule has 32 heavy (non-hydrogen) atoms. The number of anilines is 1. The van der Waals surface area contributed by atoms with Crippen LogP contribution in [0.3, 0.4) is 0 Å². The van der Waals surface area contributed by atoms with Gasteiger partial charge in [0.1, 0.15) is 5.75 Å². The number of amides is 1. The van der Waals surface area contributed by atoms with Gasteiger partial charge in [-0.3, -0.25) is 4.79 Å². The van der Waals surface area contributed by atoms with E-state index in [1.807, 2.05) is 31.2 Å². The number of carbonyl (C=O) groups is 1. The van der Waals surface area contributed by atoms with Gasteiger partial charge >= 0.3 is 12.1 Å². The van der Waals surface area contributed by atoms with E-state index in [1.165, 1.54) is 12.1 Å². The average Bonchev–Trinajstić information content (AvgIpc) is 3.31. The van der Waals surface area contributed by atoms with E-state index < -0.39 is 12.1 Å². The van der Waals surface area contributed by atoms with Crippen molar-refractivity contribution in [2.75, 3.05) is 37.7 Å². The third-order valence-corrected chi connectivity index (χ3v) is 5.13. The lowest BCUT2D eigenvalue weighted by Gasteiger charge is -2.36. The van der Waals surface area contributed by atoms with Crippen molar-refractivity contribution in [2.24, 2.45) is 0 Å². The molecule has 1 aliphatic rings. The first-order chi connectivity index (χ1) is 15.4. The molecule has 168 valence electrons. The number of nitrogens with zero attached hydrogens (tertiary/aromatic N) is 4. The van der Waals surface area contributed by atoms with Crippen LogP contribution >= 0.6 is 0 Å². The summed E-state index contributed by atoms with van der Waals surface area (Å²) in [6.07, 6.45) is -4.70. The normalized spacial score (nSPS) is 14.5. The predicted octanol–water partition coefficient (Wildman–Crippen LogP) is 4.12. The van der Waals surface area contributed by atoms with Gasteiger partial charge in [0, 0.05) is 37.3 Å². The van der Waals surface area contributed by atoms with Crippen molar-refractivity contribution in [1.29, 1.82) is 0 Å². The summed E-state index contributed by atoms with van der Waals surface area (Å²) in [7, 11) is 0. The number of hydrogen-bond donors (Lipinski definition) is 0. The van der Waals surface area contributed by atoms with Crippen LogP contribution in [-0.4, -0.2) is 53.7 Å². The van der Waals surface area contributed by atoms with Gasteiger partial charge in [0.25, 0.3) is 5.91 Å². The molecule has 0 bridgehead atoms. The minimum Gasteiger partial charge on any atom is -0.492 e. The van der Waals surface area contributed by atoms with Crippen molar-refractivity contribution in [3.63, 3.8) is 0 Å². The van der Waals surface area contributed by atoms with E-state index in [1.54, 1.807) is 17.0 Å². The first-order valence-electron chi connectivity index (χ1n) is 10.1. The summed E-state index contributed by atoms with van der Waals surface area (Å²) in [5.41, 5.74) is 1.78. The maximum Gasteiger partial charge on any atom is 0.471 e. The molecule has 0 unspecified atom stereocenters. The Bertz CT molecular complexity index is 1070. The fraction of sp³-hybridized carbons (Fsp3) is 0.318. The quantitative estimate of drug-likeness (QED) is 0.587. The topological polar surface area (TPSA) is 71.7 Å². The number of para-hydroxylation sites is 2. The number of rotatable bonds is 5. The van der Waals surface area contributed by atoms with Gasteiger partial charge in [-0.1, -0.05) is 29.4 Å². The molecular formula is C22H21F3N4O3. The van der Waals surface area contributed by atoms with Crippen LogP contribution in [0, 0.1) is 0 Å². The second-order valence-corrected chi connectivity index (χ2v) is 7.18. The highest BCUT2D eigenvalue weighted by molar-refractivity contribution is 5.94. The highest BCUT2D eigenvalue weighted by Crippen LogP contribution is 2.30. The summed E-state index contributed by atoms with van der Waals surface area (Å²) in [6, 6.07) is 13.9. The van der Waals surface area contributed by atoms with E-state index in [0.717, 1.165) is 11.4 Å². The van der Waals surface area contributed by atoms with E-state index in [4.69, 9.17) is 4.74 Å². The lowest BCUT2D eigenvalue weighted by atomic mass is 10.1. The van der Waals surface area contributed by atoms with Crippen molar-refractivity contribution in [3.8, 4) is 17.1 Å². The minimum atomic E-state index is -4.70. The third-order valence-electron chi connectivity index (χ3n) is 5.13. The van der Waals surface area contributed by atoms with E-state index in [9.17, 15) is 18.0 Å². The third kappa shape index (κ3) is 4.53. The molecule has 0 aliphatic carbocycles. The summed E-state index contributed by atoms with van der Waals surface area (Å²) in [5, 5.41) is 3.36. The Balaban J connectivity index is 1.40. The Morgan fingerprint density at radius 2 is 1.75 bits per heavy atom. The summed E-state index contributed by atoms with van der Waals surface area (Å²) >= 11 is 0. The Morgan fingerprint density at radius 3 is 2.38 bits per heavy atom. The lowest BCUT2D eigenvalue weighted by molar-refractivity contribution is -0.159. The Labute approximate surface area is 182 Å². The van der Waals surface area contributed by atoms with Crippen molar-refractivity contribution in [2.45, 2.75) is 13.1 Å². The molecule has 2 heterocycles. The van der Waals surface area contributed by atoms with E-state index >= 15 is 0 Å². The van der Waals surface area contributed by atoms with Gasteiger partial charge in [0.15, 0.2) is 0 Å². The zero-order valence-corrected chi connectivity index (χ0v) is 17.3. The molecule has 1 fully saturated rings. The predicted molar refractivity (Wildman–Crippen MR) is 110 cm³/mol. The van der Waals surface area contributed by atoms with Crippen LogP contribution < -0.4 is 9.64 Å². The van der Waals surface area contributed by atoms with E-state index in [2.05, 4.69) is 19.6 Å². The first-order valence-corrected chi connectivity index (χ1v) is 10.1. The Morgan fingerprint density at radius 1 is 1.06 bits per heavy atom. The zero-order chi connectivity index (χ0) is 22.7. The van der Waals surface area contributed by atoms with Crippen molar-refractivity contribution >= 4 is 11.6 Å². The molecule has 0 spiro atoms. The van der Waals surface area contributed by atoms with Gasteiger partial charge < -0.3 is 19.1 Å². The second kappa shape index (κ2) is 8.89. The van der Waals surface area contributed by atoms with Crippen molar-refractivity contribution < 1.29 is 27.2 Å². The van der Waals surface area contributed by atoms with Crippen molar-refractivity contribution in [1.82, 2.24) is 15.0 Å². The molecule has 1 aliphatic heterocycles. The maximum atomic E-state index is 12.9. The molecule has 0 radical (unpaired) electrons. The Kier molecular flexibility index (Phi) is 6.02. The molecule has 4 rings (SSSR count). The number of hydrogen-bond acceptors (Lipinski definition) is 6. The van der Waals surface area contributed by atoms with Gasteiger partial charge in [-0.2, -0.15) is 18.2 Å². The average molecular weight is 446 g/mol. The van der Waals surface area contributed by atoms with Crippen LogP contribution in [-0.2, 0) is 6.18 Å². The highest BCUT2D eigenvalue weighted by atomic mass is 19.4. The van der Waals surface area contributed by atoms with E-state index in [0.29, 0.717) is 43.9 Å². The van der Waals surface area contributed by atoms with Crippen LogP contribution in [0.2, 0.25) is 0 Å². The summed E-state index contributed by atoms with van der Waals surface area (Å²) < 4.78 is 47.8. The van der Waals surface area contributed by atoms with Gasteiger partial charge in [0.05, 0.1) is 12.3 Å². The highest BCUT2D eigenvalue weighted by Gasteiger charge is 2.38. The maximum absolute atomic E-state index is 12.9. The molecule has 0 N–H and O–H groups in total. The minimum absolute atomic E-state index is 0.140. The summed E-state index contributed by atoms with van der Waals surface area (Å²) in [5.74, 6) is -0.909. The van der Waals surface area contributed by atoms with Gasteiger partial charge in [-0.25, -0.2) is 0 Å². The SMILES string of the molecule is CCOc1ccccc1N1CCN(C(=O)c2ccc(-c3noc(C(F)(F)F)n3)cc2)CC1. The smallest absolute Gasteiger partial charge is 0.471 e. The standard InChI is InChI=1S/C22H21F3N4O3/c1-2-31-18-6-4-3-5-17(18)28-11-13-29(14-12-28)20(30)16-9-7-15(8-10-16)19-26-21(32-27-19)22(23,24)25/h3-10H,2,11-14H2,1H3. The van der Waals surface area contributed by atoms with E-state index in [-0.39, 0.29) is 11.7 Å². The first kappa shape index (κ1) is 21.7. The van der Waals surface area contributed by atoms with Crippen LogP contribution in [0.4, 0.5) is 18.9 Å². The van der Waals surface area contributed by atoms with Crippen LogP contribution in [0.5, 0.6) is 5.75 Å². The molecule has 1 aromatic heterocycles. The largest absolute Gasteiger partial charge is 0.492 e. The summed E-state index contributed by atoms with van der Waals surface area (Å²) in [4.78, 5) is 20.2. The van der Waals surface area contributed by atoms with Crippen molar-refractivity contribution in [3.05, 3.63) is 60.0 Å². The number of ether oxygens (including phenoxy) is 1. The lowest BCUT2D eigenvalue weighted by Crippen LogP contribution is -2.48. The van der Waals surface area contributed by atoms with Crippen LogP contribution in [0.25, 0.3) is 11.4 Å². The number of halogens is 3. The zero-order valence-electron chi connectivity index (χ0n) is 17.3. The number of aromatic nitrogens is 2. The van der Waals surface area contributed by atoms with Crippen LogP contribution in [0.1, 0.15) is 23.2 Å². The second-order valence-electron chi connectivity index (χ2n) is 7.18. The number of benzene rings is 2.